The van der Waals surface area contributed by atoms with Gasteiger partial charge in [0.05, 0.1) is 24.1 Å². The van der Waals surface area contributed by atoms with E-state index < -0.39 is 0 Å². The molecule has 0 saturated heterocycles. The fourth-order valence-electron chi connectivity index (χ4n) is 3.24. The Balaban J connectivity index is 1.84. The maximum Gasteiger partial charge on any atom is 0.348 e. The van der Waals surface area contributed by atoms with Crippen molar-refractivity contribution >= 4 is 23.0 Å². The van der Waals surface area contributed by atoms with Crippen molar-refractivity contribution in [2.24, 2.45) is 7.05 Å². The van der Waals surface area contributed by atoms with E-state index in [4.69, 9.17) is 15.2 Å². The highest BCUT2D eigenvalue weighted by molar-refractivity contribution is 7.16. The van der Waals surface area contributed by atoms with Crippen LogP contribution in [0.25, 0.3) is 11.3 Å². The highest BCUT2D eigenvalue weighted by Crippen LogP contribution is 2.48. The molecule has 0 aliphatic heterocycles. The molecule has 134 valence electrons. The molecule has 0 fully saturated rings. The van der Waals surface area contributed by atoms with Gasteiger partial charge in [0.2, 0.25) is 0 Å². The van der Waals surface area contributed by atoms with E-state index in [0.717, 1.165) is 35.2 Å². The van der Waals surface area contributed by atoms with Crippen LogP contribution in [-0.4, -0.2) is 22.4 Å². The van der Waals surface area contributed by atoms with Gasteiger partial charge < -0.3 is 15.2 Å². The van der Waals surface area contributed by atoms with Crippen molar-refractivity contribution in [2.45, 2.75) is 19.8 Å². The standard InChI is InChI=1S/C19H19N3O3S/c1-3-24-18(23)17-14-9-4-11-10-21-22(2)16(11)15(14)19(26-17)25-13-7-5-12(20)6-8-13/h5-8,10H,3-4,9,20H2,1-2H3. The van der Waals surface area contributed by atoms with Crippen LogP contribution in [-0.2, 0) is 24.6 Å². The number of nitrogens with two attached hydrogens (primary N) is 1. The van der Waals surface area contributed by atoms with Crippen molar-refractivity contribution in [1.29, 1.82) is 0 Å². The first-order chi connectivity index (χ1) is 12.6. The van der Waals surface area contributed by atoms with Crippen LogP contribution in [0, 0.1) is 0 Å². The number of carbonyl (C=O) groups excluding carboxylic acids is 1. The first-order valence-corrected chi connectivity index (χ1v) is 9.27. The maximum absolute atomic E-state index is 12.5. The van der Waals surface area contributed by atoms with Crippen LogP contribution in [0.15, 0.2) is 30.5 Å². The van der Waals surface area contributed by atoms with E-state index in [1.807, 2.05) is 37.0 Å². The molecule has 26 heavy (non-hydrogen) atoms. The van der Waals surface area contributed by atoms with Gasteiger partial charge in [-0.1, -0.05) is 11.3 Å². The van der Waals surface area contributed by atoms with Gasteiger partial charge in [-0.3, -0.25) is 4.68 Å². The molecule has 0 atom stereocenters. The predicted molar refractivity (Wildman–Crippen MR) is 101 cm³/mol. The Morgan fingerprint density at radius 2 is 2.08 bits per heavy atom. The average Bonchev–Trinajstić information content (AvgIpc) is 3.18. The lowest BCUT2D eigenvalue weighted by atomic mass is 9.91. The van der Waals surface area contributed by atoms with E-state index >= 15 is 0 Å². The van der Waals surface area contributed by atoms with E-state index in [1.165, 1.54) is 11.3 Å². The van der Waals surface area contributed by atoms with E-state index in [2.05, 4.69) is 5.10 Å². The van der Waals surface area contributed by atoms with Crippen LogP contribution >= 0.6 is 11.3 Å². The van der Waals surface area contributed by atoms with Gasteiger partial charge in [-0.05, 0) is 55.2 Å². The molecule has 1 aliphatic rings. The van der Waals surface area contributed by atoms with Gasteiger partial charge in [0.1, 0.15) is 10.6 Å². The molecule has 0 amide bonds. The lowest BCUT2D eigenvalue weighted by Crippen LogP contribution is -2.10. The lowest BCUT2D eigenvalue weighted by molar-refractivity contribution is 0.0531. The zero-order chi connectivity index (χ0) is 18.3. The quantitative estimate of drug-likeness (QED) is 0.559. The van der Waals surface area contributed by atoms with Crippen molar-refractivity contribution in [2.75, 3.05) is 12.3 Å². The first-order valence-electron chi connectivity index (χ1n) is 8.46. The highest BCUT2D eigenvalue weighted by atomic mass is 32.1. The lowest BCUT2D eigenvalue weighted by Gasteiger charge is -2.16. The summed E-state index contributed by atoms with van der Waals surface area (Å²) >= 11 is 1.33. The van der Waals surface area contributed by atoms with Crippen LogP contribution < -0.4 is 10.5 Å². The predicted octanol–water partition coefficient (Wildman–Crippen LogP) is 3.80. The molecule has 0 radical (unpaired) electrons. The van der Waals surface area contributed by atoms with Crippen molar-refractivity contribution in [3.8, 4) is 22.1 Å². The number of benzene rings is 1. The average molecular weight is 369 g/mol. The molecule has 0 unspecified atom stereocenters. The number of hydrogen-bond donors (Lipinski definition) is 1. The number of carbonyl (C=O) groups is 1. The third-order valence-electron chi connectivity index (χ3n) is 4.42. The Bertz CT molecular complexity index is 973. The summed E-state index contributed by atoms with van der Waals surface area (Å²) in [6.07, 6.45) is 3.50. The maximum atomic E-state index is 12.5. The fraction of sp³-hybridized carbons (Fsp3) is 0.263. The van der Waals surface area contributed by atoms with Gasteiger partial charge in [0, 0.05) is 12.7 Å². The molecular weight excluding hydrogens is 350 g/mol. The number of hydrogen-bond acceptors (Lipinski definition) is 6. The molecule has 1 aromatic carbocycles. The highest BCUT2D eigenvalue weighted by Gasteiger charge is 2.32. The number of aryl methyl sites for hydroxylation is 2. The van der Waals surface area contributed by atoms with Crippen LogP contribution in [0.5, 0.6) is 10.8 Å². The van der Waals surface area contributed by atoms with Crippen molar-refractivity contribution in [3.63, 3.8) is 0 Å². The Morgan fingerprint density at radius 1 is 1.31 bits per heavy atom. The van der Waals surface area contributed by atoms with E-state index in [-0.39, 0.29) is 5.97 Å². The normalized spacial score (nSPS) is 12.4. The third-order valence-corrected chi connectivity index (χ3v) is 5.51. The zero-order valence-electron chi connectivity index (χ0n) is 14.6. The first kappa shape index (κ1) is 16.7. The van der Waals surface area contributed by atoms with Crippen molar-refractivity contribution in [1.82, 2.24) is 9.78 Å². The Labute approximate surface area is 155 Å². The molecule has 3 aromatic rings. The zero-order valence-corrected chi connectivity index (χ0v) is 15.4. The van der Waals surface area contributed by atoms with Gasteiger partial charge in [-0.15, -0.1) is 0 Å². The summed E-state index contributed by atoms with van der Waals surface area (Å²) in [6, 6.07) is 7.21. The molecular formula is C19H19N3O3S. The van der Waals surface area contributed by atoms with Gasteiger partial charge in [-0.2, -0.15) is 5.10 Å². The molecule has 0 bridgehead atoms. The number of anilines is 1. The topological polar surface area (TPSA) is 79.4 Å². The Morgan fingerprint density at radius 3 is 2.81 bits per heavy atom. The summed E-state index contributed by atoms with van der Waals surface area (Å²) in [5.74, 6) is 0.375. The Hall–Kier alpha value is -2.80. The second kappa shape index (κ2) is 6.49. The summed E-state index contributed by atoms with van der Waals surface area (Å²) in [5.41, 5.74) is 10.5. The molecule has 2 aromatic heterocycles. The number of fused-ring (bicyclic) bond motifs is 3. The molecule has 4 rings (SSSR count). The minimum absolute atomic E-state index is 0.300. The van der Waals surface area contributed by atoms with Crippen molar-refractivity contribution in [3.05, 3.63) is 46.5 Å². The summed E-state index contributed by atoms with van der Waals surface area (Å²) in [6.45, 7) is 2.15. The van der Waals surface area contributed by atoms with Gasteiger partial charge >= 0.3 is 5.97 Å². The fourth-order valence-corrected chi connectivity index (χ4v) is 4.36. The molecule has 6 nitrogen and oxygen atoms in total. The molecule has 2 heterocycles. The number of rotatable bonds is 4. The third kappa shape index (κ3) is 2.74. The second-order valence-electron chi connectivity index (χ2n) is 6.11. The van der Waals surface area contributed by atoms with Crippen LogP contribution in [0.4, 0.5) is 5.69 Å². The molecule has 0 saturated carbocycles. The summed E-state index contributed by atoms with van der Waals surface area (Å²) in [4.78, 5) is 13.1. The molecule has 2 N–H and O–H groups in total. The molecule has 1 aliphatic carbocycles. The monoisotopic (exact) mass is 369 g/mol. The number of aromatic nitrogens is 2. The second-order valence-corrected chi connectivity index (χ2v) is 7.09. The minimum Gasteiger partial charge on any atom is -0.462 e. The van der Waals surface area contributed by atoms with Crippen LogP contribution in [0.3, 0.4) is 0 Å². The Kier molecular flexibility index (Phi) is 4.16. The van der Waals surface area contributed by atoms with Gasteiger partial charge in [0.15, 0.2) is 5.06 Å². The minimum atomic E-state index is -0.300. The van der Waals surface area contributed by atoms with E-state index in [9.17, 15) is 4.79 Å². The number of ether oxygens (including phenoxy) is 2. The van der Waals surface area contributed by atoms with Gasteiger partial charge in [-0.25, -0.2) is 4.79 Å². The molecule has 7 heteroatoms. The van der Waals surface area contributed by atoms with Crippen LogP contribution in [0.2, 0.25) is 0 Å². The van der Waals surface area contributed by atoms with E-state index in [0.29, 0.717) is 28.0 Å². The summed E-state index contributed by atoms with van der Waals surface area (Å²) in [5, 5.41) is 5.06. The smallest absolute Gasteiger partial charge is 0.348 e. The number of thiophene rings is 1. The number of nitrogens with zero attached hydrogens (tertiary/aromatic N) is 2. The van der Waals surface area contributed by atoms with Crippen LogP contribution in [0.1, 0.15) is 27.7 Å². The van der Waals surface area contributed by atoms with Crippen molar-refractivity contribution < 1.29 is 14.3 Å². The SMILES string of the molecule is CCOC(=O)c1sc(Oc2ccc(N)cc2)c2c1CCc1cnn(C)c1-2. The molecule has 0 spiro atoms. The largest absolute Gasteiger partial charge is 0.462 e. The number of nitrogen functional groups attached to an aromatic ring is 1. The number of esters is 1. The van der Waals surface area contributed by atoms with Gasteiger partial charge in [0.25, 0.3) is 0 Å². The summed E-state index contributed by atoms with van der Waals surface area (Å²) < 4.78 is 13.2. The summed E-state index contributed by atoms with van der Waals surface area (Å²) in [7, 11) is 1.91. The van der Waals surface area contributed by atoms with E-state index in [1.54, 1.807) is 12.1 Å².